The molecule has 0 aliphatic carbocycles. The Labute approximate surface area is 140 Å². The van der Waals surface area contributed by atoms with E-state index in [9.17, 15) is 9.18 Å². The molecule has 0 spiro atoms. The molecule has 1 aliphatic heterocycles. The van der Waals surface area contributed by atoms with Crippen LogP contribution in [0.3, 0.4) is 0 Å². The molecule has 23 heavy (non-hydrogen) atoms. The maximum absolute atomic E-state index is 13.0. The molecule has 0 bridgehead atoms. The second-order valence-corrected chi connectivity index (χ2v) is 6.12. The minimum atomic E-state index is -0.420. The molecular formula is C18H18ClFN2O. The van der Waals surface area contributed by atoms with Crippen LogP contribution in [0, 0.1) is 5.82 Å². The molecule has 120 valence electrons. The summed E-state index contributed by atoms with van der Waals surface area (Å²) < 4.78 is 13.0. The van der Waals surface area contributed by atoms with Crippen LogP contribution in [0.2, 0.25) is 5.02 Å². The zero-order valence-corrected chi connectivity index (χ0v) is 13.4. The number of benzene rings is 2. The van der Waals surface area contributed by atoms with E-state index >= 15 is 0 Å². The van der Waals surface area contributed by atoms with Gasteiger partial charge >= 0.3 is 0 Å². The molecule has 1 amide bonds. The van der Waals surface area contributed by atoms with Crippen molar-refractivity contribution in [2.45, 2.75) is 18.9 Å². The predicted octanol–water partition coefficient (Wildman–Crippen LogP) is 4.25. The van der Waals surface area contributed by atoms with Crippen LogP contribution in [-0.4, -0.2) is 23.9 Å². The van der Waals surface area contributed by atoms with Gasteiger partial charge in [-0.15, -0.1) is 0 Å². The van der Waals surface area contributed by atoms with Gasteiger partial charge in [0.1, 0.15) is 5.82 Å². The van der Waals surface area contributed by atoms with Gasteiger partial charge in [-0.25, -0.2) is 4.39 Å². The normalized spacial score (nSPS) is 18.1. The van der Waals surface area contributed by atoms with Crippen LogP contribution in [0.15, 0.2) is 48.5 Å². The number of hydrogen-bond donors (Lipinski definition) is 1. The van der Waals surface area contributed by atoms with Crippen molar-refractivity contribution in [1.29, 1.82) is 0 Å². The molecule has 5 heteroatoms. The summed E-state index contributed by atoms with van der Waals surface area (Å²) in [5.74, 6) is -0.557. The fourth-order valence-electron chi connectivity index (χ4n) is 3.03. The monoisotopic (exact) mass is 332 g/mol. The van der Waals surface area contributed by atoms with Crippen molar-refractivity contribution in [2.75, 3.05) is 18.4 Å². The van der Waals surface area contributed by atoms with E-state index in [1.54, 1.807) is 0 Å². The number of anilines is 1. The maximum atomic E-state index is 13.0. The number of carbonyl (C=O) groups excluding carboxylic acids is 1. The third-order valence-electron chi connectivity index (χ3n) is 4.10. The van der Waals surface area contributed by atoms with Crippen molar-refractivity contribution in [2.24, 2.45) is 0 Å². The first-order valence-electron chi connectivity index (χ1n) is 7.67. The number of nitrogens with zero attached hydrogens (tertiary/aromatic N) is 1. The van der Waals surface area contributed by atoms with Crippen molar-refractivity contribution in [1.82, 2.24) is 4.90 Å². The molecule has 3 rings (SSSR count). The highest BCUT2D eigenvalue weighted by Gasteiger charge is 2.27. The molecule has 0 aromatic heterocycles. The standard InChI is InChI=1S/C18H18ClFN2O/c19-15-11-14(20)8-9-16(15)21-18(23)12-22-10-4-7-17(22)13-5-2-1-3-6-13/h1-3,5-6,8-9,11,17H,4,7,10,12H2,(H,21,23)/t17-/m1/s1. The highest BCUT2D eigenvalue weighted by molar-refractivity contribution is 6.33. The summed E-state index contributed by atoms with van der Waals surface area (Å²) in [5.41, 5.74) is 1.67. The van der Waals surface area contributed by atoms with Gasteiger partial charge in [0.05, 0.1) is 17.3 Å². The van der Waals surface area contributed by atoms with Gasteiger partial charge < -0.3 is 5.32 Å². The van der Waals surface area contributed by atoms with E-state index in [0.29, 0.717) is 12.2 Å². The molecule has 2 aromatic carbocycles. The topological polar surface area (TPSA) is 32.3 Å². The van der Waals surface area contributed by atoms with Gasteiger partial charge in [-0.1, -0.05) is 41.9 Å². The Morgan fingerprint density at radius 3 is 2.78 bits per heavy atom. The summed E-state index contributed by atoms with van der Waals surface area (Å²) in [7, 11) is 0. The molecule has 3 nitrogen and oxygen atoms in total. The van der Waals surface area contributed by atoms with E-state index in [4.69, 9.17) is 11.6 Å². The molecule has 2 aromatic rings. The number of amides is 1. The van der Waals surface area contributed by atoms with Crippen LogP contribution in [0.25, 0.3) is 0 Å². The van der Waals surface area contributed by atoms with E-state index in [1.807, 2.05) is 18.2 Å². The first kappa shape index (κ1) is 16.0. The van der Waals surface area contributed by atoms with E-state index in [2.05, 4.69) is 22.3 Å². The van der Waals surface area contributed by atoms with Crippen molar-refractivity contribution < 1.29 is 9.18 Å². The molecule has 1 atom stereocenters. The summed E-state index contributed by atoms with van der Waals surface area (Å²) >= 11 is 5.95. The Balaban J connectivity index is 1.65. The van der Waals surface area contributed by atoms with Crippen LogP contribution in [0.4, 0.5) is 10.1 Å². The smallest absolute Gasteiger partial charge is 0.238 e. The molecular weight excluding hydrogens is 315 g/mol. The van der Waals surface area contributed by atoms with Gasteiger partial charge in [0.25, 0.3) is 0 Å². The van der Waals surface area contributed by atoms with E-state index < -0.39 is 5.82 Å². The fraction of sp³-hybridized carbons (Fsp3) is 0.278. The Bertz CT molecular complexity index is 693. The summed E-state index contributed by atoms with van der Waals surface area (Å²) in [5, 5.41) is 2.96. The molecule has 1 N–H and O–H groups in total. The first-order valence-corrected chi connectivity index (χ1v) is 8.05. The second-order valence-electron chi connectivity index (χ2n) is 5.71. The van der Waals surface area contributed by atoms with Gasteiger partial charge in [-0.05, 0) is 43.1 Å². The summed E-state index contributed by atoms with van der Waals surface area (Å²) in [6, 6.07) is 14.4. The SMILES string of the molecule is O=C(CN1CCC[C@@H]1c1ccccc1)Nc1ccc(F)cc1Cl. The molecule has 1 aliphatic rings. The second kappa shape index (κ2) is 7.11. The van der Waals surface area contributed by atoms with Gasteiger partial charge in [0.15, 0.2) is 0 Å². The lowest BCUT2D eigenvalue weighted by molar-refractivity contribution is -0.117. The summed E-state index contributed by atoms with van der Waals surface area (Å²) in [6.07, 6.45) is 2.12. The predicted molar refractivity (Wildman–Crippen MR) is 90.0 cm³/mol. The molecule has 1 saturated heterocycles. The minimum absolute atomic E-state index is 0.138. The highest BCUT2D eigenvalue weighted by Crippen LogP contribution is 2.31. The number of hydrogen-bond acceptors (Lipinski definition) is 2. The maximum Gasteiger partial charge on any atom is 0.238 e. The first-order chi connectivity index (χ1) is 11.1. The van der Waals surface area contributed by atoms with E-state index in [-0.39, 0.29) is 17.0 Å². The summed E-state index contributed by atoms with van der Waals surface area (Å²) in [4.78, 5) is 14.4. The number of nitrogens with one attached hydrogen (secondary N) is 1. The van der Waals surface area contributed by atoms with E-state index in [0.717, 1.165) is 19.4 Å². The van der Waals surface area contributed by atoms with E-state index in [1.165, 1.54) is 23.8 Å². The Kier molecular flexibility index (Phi) is 4.94. The molecule has 0 radical (unpaired) electrons. The molecule has 0 saturated carbocycles. The molecule has 1 fully saturated rings. The largest absolute Gasteiger partial charge is 0.324 e. The Morgan fingerprint density at radius 1 is 1.26 bits per heavy atom. The third-order valence-corrected chi connectivity index (χ3v) is 4.41. The summed E-state index contributed by atoms with van der Waals surface area (Å²) in [6.45, 7) is 1.19. The van der Waals surface area contributed by atoms with Crippen molar-refractivity contribution in [3.63, 3.8) is 0 Å². The zero-order chi connectivity index (χ0) is 16.2. The van der Waals surface area contributed by atoms with Crippen LogP contribution >= 0.6 is 11.6 Å². The van der Waals surface area contributed by atoms with Crippen LogP contribution in [0.1, 0.15) is 24.4 Å². The molecule has 0 unspecified atom stereocenters. The van der Waals surface area contributed by atoms with Gasteiger partial charge in [-0.3, -0.25) is 9.69 Å². The lowest BCUT2D eigenvalue weighted by atomic mass is 10.0. The number of carbonyl (C=O) groups is 1. The Hall–Kier alpha value is -1.91. The van der Waals surface area contributed by atoms with Crippen LogP contribution < -0.4 is 5.32 Å². The van der Waals surface area contributed by atoms with Crippen molar-refractivity contribution in [3.8, 4) is 0 Å². The number of rotatable bonds is 4. The lowest BCUT2D eigenvalue weighted by Crippen LogP contribution is -2.33. The van der Waals surface area contributed by atoms with Gasteiger partial charge in [-0.2, -0.15) is 0 Å². The Morgan fingerprint density at radius 2 is 2.04 bits per heavy atom. The average molecular weight is 333 g/mol. The van der Waals surface area contributed by atoms with Gasteiger partial charge in [0, 0.05) is 6.04 Å². The lowest BCUT2D eigenvalue weighted by Gasteiger charge is -2.24. The van der Waals surface area contributed by atoms with Crippen molar-refractivity contribution >= 4 is 23.2 Å². The molecule has 1 heterocycles. The zero-order valence-electron chi connectivity index (χ0n) is 12.6. The minimum Gasteiger partial charge on any atom is -0.324 e. The number of likely N-dealkylation sites (tertiary alicyclic amines) is 1. The fourth-order valence-corrected chi connectivity index (χ4v) is 3.25. The van der Waals surface area contributed by atoms with Crippen LogP contribution in [0.5, 0.6) is 0 Å². The third kappa shape index (κ3) is 3.89. The van der Waals surface area contributed by atoms with Crippen LogP contribution in [-0.2, 0) is 4.79 Å². The van der Waals surface area contributed by atoms with Crippen molar-refractivity contribution in [3.05, 3.63) is 64.9 Å². The van der Waals surface area contributed by atoms with Gasteiger partial charge in [0.2, 0.25) is 5.91 Å². The quantitative estimate of drug-likeness (QED) is 0.907. The number of halogens is 2. The highest BCUT2D eigenvalue weighted by atomic mass is 35.5. The average Bonchev–Trinajstić information content (AvgIpc) is 2.99.